The molecule has 6 nitrogen and oxygen atoms in total. The van der Waals surface area contributed by atoms with Crippen LogP contribution in [-0.2, 0) is 22.9 Å². The molecule has 0 N–H and O–H groups in total. The molecular formula is C22H13ClF3NO5. The molecule has 3 aliphatic heterocycles. The average molecular weight is 464 g/mol. The molecule has 4 heterocycles. The molecule has 0 saturated carbocycles. The number of ether oxygens (including phenoxy) is 3. The fourth-order valence-corrected chi connectivity index (χ4v) is 4.89. The lowest BCUT2D eigenvalue weighted by Gasteiger charge is -2.23. The van der Waals surface area contributed by atoms with Crippen LogP contribution >= 0.6 is 11.6 Å². The van der Waals surface area contributed by atoms with Gasteiger partial charge in [-0.15, -0.1) is 0 Å². The third-order valence-electron chi connectivity index (χ3n) is 5.95. The SMILES string of the molecule is O=C1N(Cc2ccc(C(F)(F)F)o2)c2cccc(Cl)c2C12COc1cc3c(cc12)OCO3. The highest BCUT2D eigenvalue weighted by Gasteiger charge is 2.58. The van der Waals surface area contributed by atoms with E-state index < -0.39 is 17.4 Å². The van der Waals surface area contributed by atoms with Crippen molar-refractivity contribution in [2.75, 3.05) is 18.3 Å². The van der Waals surface area contributed by atoms with Crippen LogP contribution in [0.2, 0.25) is 5.02 Å². The summed E-state index contributed by atoms with van der Waals surface area (Å²) < 4.78 is 60.6. The standard InChI is InChI=1S/C22H13ClF3NO5/c23-13-2-1-3-14-19(13)21(9-29-15-7-17-16(6-12(15)21)30-10-31-17)20(28)27(14)8-11-4-5-18(32-11)22(24,25)26/h1-7H,8-10H2. The van der Waals surface area contributed by atoms with E-state index in [1.807, 2.05) is 0 Å². The Morgan fingerprint density at radius 2 is 1.81 bits per heavy atom. The van der Waals surface area contributed by atoms with Crippen LogP contribution in [0.5, 0.6) is 17.2 Å². The molecule has 1 unspecified atom stereocenters. The minimum atomic E-state index is -4.61. The molecule has 1 spiro atoms. The number of amides is 1. The Kier molecular flexibility index (Phi) is 3.84. The number of halogens is 4. The molecule has 0 fully saturated rings. The van der Waals surface area contributed by atoms with Gasteiger partial charge in [-0.2, -0.15) is 13.2 Å². The summed E-state index contributed by atoms with van der Waals surface area (Å²) in [6.45, 7) is -0.143. The van der Waals surface area contributed by atoms with Crippen molar-refractivity contribution in [1.29, 1.82) is 0 Å². The van der Waals surface area contributed by atoms with Crippen LogP contribution in [0.4, 0.5) is 18.9 Å². The molecule has 0 aliphatic carbocycles. The second kappa shape index (κ2) is 6.35. The number of hydrogen-bond donors (Lipinski definition) is 0. The Morgan fingerprint density at radius 3 is 2.56 bits per heavy atom. The van der Waals surface area contributed by atoms with Crippen molar-refractivity contribution in [2.45, 2.75) is 18.1 Å². The van der Waals surface area contributed by atoms with Crippen molar-refractivity contribution < 1.29 is 36.6 Å². The smallest absolute Gasteiger partial charge is 0.449 e. The van der Waals surface area contributed by atoms with Crippen molar-refractivity contribution in [3.63, 3.8) is 0 Å². The molecule has 6 rings (SSSR count). The lowest BCUT2D eigenvalue weighted by Crippen LogP contribution is -2.42. The molecule has 164 valence electrons. The summed E-state index contributed by atoms with van der Waals surface area (Å²) in [5.41, 5.74) is 0.330. The Hall–Kier alpha value is -3.33. The Balaban J connectivity index is 1.48. The maximum Gasteiger partial charge on any atom is 0.449 e. The third-order valence-corrected chi connectivity index (χ3v) is 6.27. The highest BCUT2D eigenvalue weighted by atomic mass is 35.5. The molecule has 3 aromatic rings. The van der Waals surface area contributed by atoms with Crippen molar-refractivity contribution in [3.05, 3.63) is 70.1 Å². The van der Waals surface area contributed by atoms with E-state index in [0.717, 1.165) is 6.07 Å². The summed E-state index contributed by atoms with van der Waals surface area (Å²) in [4.78, 5) is 15.2. The first-order chi connectivity index (χ1) is 15.3. The topological polar surface area (TPSA) is 61.1 Å². The zero-order chi connectivity index (χ0) is 22.3. The molecule has 3 aliphatic rings. The normalized spacial score (nSPS) is 20.6. The average Bonchev–Trinajstić information content (AvgIpc) is 3.51. The Labute approximate surface area is 184 Å². The van der Waals surface area contributed by atoms with Crippen LogP contribution in [0.3, 0.4) is 0 Å². The Morgan fingerprint density at radius 1 is 1.03 bits per heavy atom. The first-order valence-electron chi connectivity index (χ1n) is 9.63. The van der Waals surface area contributed by atoms with Crippen LogP contribution in [0.15, 0.2) is 46.9 Å². The molecule has 32 heavy (non-hydrogen) atoms. The molecule has 1 aromatic heterocycles. The fraction of sp³-hybridized carbons (Fsp3) is 0.227. The van der Waals surface area contributed by atoms with E-state index in [4.69, 9.17) is 30.2 Å². The first-order valence-corrected chi connectivity index (χ1v) is 10.0. The van der Waals surface area contributed by atoms with E-state index in [-0.39, 0.29) is 31.6 Å². The highest BCUT2D eigenvalue weighted by molar-refractivity contribution is 6.33. The largest absolute Gasteiger partial charge is 0.491 e. The molecule has 0 saturated heterocycles. The number of hydrogen-bond acceptors (Lipinski definition) is 5. The monoisotopic (exact) mass is 463 g/mol. The van der Waals surface area contributed by atoms with Gasteiger partial charge < -0.3 is 23.5 Å². The number of furan rings is 1. The number of fused-ring (bicyclic) bond motifs is 5. The van der Waals surface area contributed by atoms with Gasteiger partial charge in [-0.3, -0.25) is 4.79 Å². The minimum Gasteiger partial charge on any atom is -0.491 e. The van der Waals surface area contributed by atoms with E-state index in [0.29, 0.717) is 39.1 Å². The van der Waals surface area contributed by atoms with Gasteiger partial charge >= 0.3 is 6.18 Å². The summed E-state index contributed by atoms with van der Waals surface area (Å²) in [7, 11) is 0. The van der Waals surface area contributed by atoms with E-state index in [9.17, 15) is 18.0 Å². The van der Waals surface area contributed by atoms with Crippen LogP contribution in [0.25, 0.3) is 0 Å². The zero-order valence-electron chi connectivity index (χ0n) is 16.2. The van der Waals surface area contributed by atoms with Gasteiger partial charge in [-0.1, -0.05) is 17.7 Å². The maximum absolute atomic E-state index is 13.9. The number of nitrogens with zero attached hydrogens (tertiary/aromatic N) is 1. The second-order valence-corrected chi connectivity index (χ2v) is 8.09. The molecule has 2 aromatic carbocycles. The van der Waals surface area contributed by atoms with E-state index in [1.54, 1.807) is 30.3 Å². The molecule has 1 atom stereocenters. The zero-order valence-corrected chi connectivity index (χ0v) is 16.9. The fourth-order valence-electron chi connectivity index (χ4n) is 4.56. The molecular weight excluding hydrogens is 451 g/mol. The summed E-state index contributed by atoms with van der Waals surface area (Å²) in [6, 6.07) is 10.5. The third kappa shape index (κ3) is 2.51. The van der Waals surface area contributed by atoms with Crippen LogP contribution in [-0.4, -0.2) is 19.3 Å². The maximum atomic E-state index is 13.9. The van der Waals surface area contributed by atoms with Gasteiger partial charge in [0.2, 0.25) is 18.5 Å². The number of alkyl halides is 3. The molecule has 1 amide bonds. The van der Waals surface area contributed by atoms with Gasteiger partial charge in [0, 0.05) is 22.2 Å². The number of anilines is 1. The van der Waals surface area contributed by atoms with E-state index >= 15 is 0 Å². The quantitative estimate of drug-likeness (QED) is 0.540. The van der Waals surface area contributed by atoms with Crippen LogP contribution in [0.1, 0.15) is 22.6 Å². The number of carbonyl (C=O) groups is 1. The highest BCUT2D eigenvalue weighted by Crippen LogP contribution is 2.57. The van der Waals surface area contributed by atoms with Crippen molar-refractivity contribution in [1.82, 2.24) is 0 Å². The van der Waals surface area contributed by atoms with Gasteiger partial charge in [0.15, 0.2) is 11.5 Å². The van der Waals surface area contributed by atoms with Gasteiger partial charge in [-0.25, -0.2) is 0 Å². The lowest BCUT2D eigenvalue weighted by molar-refractivity contribution is -0.153. The summed E-state index contributed by atoms with van der Waals surface area (Å²) in [5.74, 6) is -0.0381. The van der Waals surface area contributed by atoms with E-state index in [1.165, 1.54) is 11.0 Å². The van der Waals surface area contributed by atoms with Crippen molar-refractivity contribution in [3.8, 4) is 17.2 Å². The van der Waals surface area contributed by atoms with E-state index in [2.05, 4.69) is 0 Å². The first kappa shape index (κ1) is 19.4. The number of carbonyl (C=O) groups excluding carboxylic acids is 1. The number of rotatable bonds is 2. The van der Waals surface area contributed by atoms with Crippen LogP contribution < -0.4 is 19.1 Å². The molecule has 10 heteroatoms. The molecule has 0 bridgehead atoms. The van der Waals surface area contributed by atoms with Gasteiger partial charge in [0.05, 0.1) is 12.2 Å². The predicted molar refractivity (Wildman–Crippen MR) is 105 cm³/mol. The summed E-state index contributed by atoms with van der Waals surface area (Å²) >= 11 is 6.56. The van der Waals surface area contributed by atoms with Crippen molar-refractivity contribution >= 4 is 23.2 Å². The van der Waals surface area contributed by atoms with Gasteiger partial charge in [0.25, 0.3) is 0 Å². The lowest BCUT2D eigenvalue weighted by atomic mass is 9.77. The van der Waals surface area contributed by atoms with Gasteiger partial charge in [0.1, 0.15) is 23.5 Å². The summed E-state index contributed by atoms with van der Waals surface area (Å²) in [5, 5.41) is 0.350. The van der Waals surface area contributed by atoms with Crippen LogP contribution in [0, 0.1) is 0 Å². The molecule has 0 radical (unpaired) electrons. The minimum absolute atomic E-state index is 0.00141. The summed E-state index contributed by atoms with van der Waals surface area (Å²) in [6.07, 6.45) is -4.61. The number of benzene rings is 2. The van der Waals surface area contributed by atoms with Crippen molar-refractivity contribution in [2.24, 2.45) is 0 Å². The Bertz CT molecular complexity index is 1290. The predicted octanol–water partition coefficient (Wildman–Crippen LogP) is 4.91. The second-order valence-electron chi connectivity index (χ2n) is 7.68. The van der Waals surface area contributed by atoms with Gasteiger partial charge in [-0.05, 0) is 30.3 Å².